The van der Waals surface area contributed by atoms with Gasteiger partial charge in [0.2, 0.25) is 0 Å². The van der Waals surface area contributed by atoms with Gasteiger partial charge in [0.15, 0.2) is 12.4 Å². The van der Waals surface area contributed by atoms with E-state index in [1.807, 2.05) is 13.0 Å². The van der Waals surface area contributed by atoms with E-state index in [9.17, 15) is 10.1 Å². The first-order valence-electron chi connectivity index (χ1n) is 8.05. The maximum Gasteiger partial charge on any atom is 0.343 e. The zero-order valence-electron chi connectivity index (χ0n) is 15.4. The molecule has 0 unspecified atom stereocenters. The standard InChI is InChI=1S/C19H20N4O4/c1-13-8-15(11-25-2)17(9-20)19(22-13)23-21-10-14-4-6-16(7-5-14)27-12-18(24)26-3/h4-8,10H,11-12H2,1-3H3,(H,22,23)/b21-10-. The van der Waals surface area contributed by atoms with Crippen LogP contribution < -0.4 is 10.2 Å². The van der Waals surface area contributed by atoms with Crippen LogP contribution in [0.3, 0.4) is 0 Å². The first-order chi connectivity index (χ1) is 13.1. The highest BCUT2D eigenvalue weighted by molar-refractivity contribution is 5.80. The molecule has 0 saturated heterocycles. The number of nitriles is 1. The fourth-order valence-corrected chi connectivity index (χ4v) is 2.24. The molecule has 1 N–H and O–H groups in total. The summed E-state index contributed by atoms with van der Waals surface area (Å²) in [7, 11) is 2.87. The number of carbonyl (C=O) groups is 1. The van der Waals surface area contributed by atoms with Gasteiger partial charge < -0.3 is 14.2 Å². The summed E-state index contributed by atoms with van der Waals surface area (Å²) < 4.78 is 14.9. The molecule has 0 bridgehead atoms. The summed E-state index contributed by atoms with van der Waals surface area (Å²) in [6.07, 6.45) is 1.59. The van der Waals surface area contributed by atoms with Crippen molar-refractivity contribution in [1.82, 2.24) is 4.98 Å². The molecule has 1 aromatic carbocycles. The molecule has 1 heterocycles. The third-order valence-corrected chi connectivity index (χ3v) is 3.49. The number of pyridine rings is 1. The minimum absolute atomic E-state index is 0.148. The predicted octanol–water partition coefficient (Wildman–Crippen LogP) is 2.41. The van der Waals surface area contributed by atoms with Crippen molar-refractivity contribution in [1.29, 1.82) is 5.26 Å². The number of hydrogen-bond acceptors (Lipinski definition) is 8. The third kappa shape index (κ3) is 5.80. The van der Waals surface area contributed by atoms with Crippen molar-refractivity contribution >= 4 is 18.0 Å². The molecule has 0 saturated carbocycles. The van der Waals surface area contributed by atoms with Crippen molar-refractivity contribution in [2.24, 2.45) is 5.10 Å². The van der Waals surface area contributed by atoms with Crippen LogP contribution in [0.15, 0.2) is 35.4 Å². The Morgan fingerprint density at radius 2 is 2.07 bits per heavy atom. The van der Waals surface area contributed by atoms with Gasteiger partial charge in [-0.2, -0.15) is 10.4 Å². The molecule has 0 spiro atoms. The minimum atomic E-state index is -0.448. The number of aryl methyl sites for hydroxylation is 1. The number of benzene rings is 1. The second-order valence-corrected chi connectivity index (χ2v) is 5.50. The van der Waals surface area contributed by atoms with Gasteiger partial charge in [0.1, 0.15) is 17.4 Å². The van der Waals surface area contributed by atoms with Gasteiger partial charge in [-0.15, -0.1) is 0 Å². The summed E-state index contributed by atoms with van der Waals surface area (Å²) in [5.41, 5.74) is 5.50. The van der Waals surface area contributed by atoms with Crippen LogP contribution in [0.4, 0.5) is 5.82 Å². The molecule has 8 nitrogen and oxygen atoms in total. The fraction of sp³-hybridized carbons (Fsp3) is 0.263. The van der Waals surface area contributed by atoms with Crippen LogP contribution in [0.2, 0.25) is 0 Å². The first-order valence-corrected chi connectivity index (χ1v) is 8.05. The number of esters is 1. The number of hydrogen-bond donors (Lipinski definition) is 1. The SMILES string of the molecule is COCc1cc(C)nc(N/N=C\c2ccc(OCC(=O)OC)cc2)c1C#N. The van der Waals surface area contributed by atoms with E-state index in [1.54, 1.807) is 37.6 Å². The van der Waals surface area contributed by atoms with Gasteiger partial charge in [0.25, 0.3) is 0 Å². The molecular formula is C19H20N4O4. The zero-order chi connectivity index (χ0) is 19.6. The molecular weight excluding hydrogens is 348 g/mol. The van der Waals surface area contributed by atoms with E-state index in [2.05, 4.69) is 26.3 Å². The lowest BCUT2D eigenvalue weighted by Crippen LogP contribution is -2.12. The van der Waals surface area contributed by atoms with Crippen LogP contribution in [0.1, 0.15) is 22.4 Å². The Balaban J connectivity index is 2.05. The van der Waals surface area contributed by atoms with Crippen LogP contribution in [-0.2, 0) is 20.9 Å². The van der Waals surface area contributed by atoms with E-state index >= 15 is 0 Å². The van der Waals surface area contributed by atoms with Gasteiger partial charge in [-0.05, 0) is 42.8 Å². The van der Waals surface area contributed by atoms with E-state index in [0.29, 0.717) is 23.7 Å². The maximum absolute atomic E-state index is 11.1. The van der Waals surface area contributed by atoms with Crippen LogP contribution in [0.5, 0.6) is 5.75 Å². The van der Waals surface area contributed by atoms with Crippen molar-refractivity contribution in [2.45, 2.75) is 13.5 Å². The van der Waals surface area contributed by atoms with E-state index in [4.69, 9.17) is 9.47 Å². The lowest BCUT2D eigenvalue weighted by atomic mass is 10.1. The number of nitrogens with zero attached hydrogens (tertiary/aromatic N) is 3. The number of hydrazone groups is 1. The molecule has 0 amide bonds. The topological polar surface area (TPSA) is 106 Å². The third-order valence-electron chi connectivity index (χ3n) is 3.49. The Morgan fingerprint density at radius 3 is 2.70 bits per heavy atom. The van der Waals surface area contributed by atoms with Gasteiger partial charge in [-0.3, -0.25) is 5.43 Å². The van der Waals surface area contributed by atoms with E-state index in [-0.39, 0.29) is 6.61 Å². The van der Waals surface area contributed by atoms with Crippen molar-refractivity contribution in [3.8, 4) is 11.8 Å². The first kappa shape index (κ1) is 19.9. The van der Waals surface area contributed by atoms with Crippen molar-refractivity contribution < 1.29 is 19.0 Å². The molecule has 2 aromatic rings. The smallest absolute Gasteiger partial charge is 0.343 e. The molecule has 140 valence electrons. The number of anilines is 1. The largest absolute Gasteiger partial charge is 0.482 e. The molecule has 2 rings (SSSR count). The van der Waals surface area contributed by atoms with Gasteiger partial charge in [-0.25, -0.2) is 9.78 Å². The van der Waals surface area contributed by atoms with Gasteiger partial charge >= 0.3 is 5.97 Å². The average molecular weight is 368 g/mol. The monoisotopic (exact) mass is 368 g/mol. The number of rotatable bonds is 8. The molecule has 0 fully saturated rings. The lowest BCUT2D eigenvalue weighted by Gasteiger charge is -2.09. The van der Waals surface area contributed by atoms with E-state index in [0.717, 1.165) is 16.8 Å². The molecule has 1 aromatic heterocycles. The van der Waals surface area contributed by atoms with Gasteiger partial charge in [-0.1, -0.05) is 0 Å². The van der Waals surface area contributed by atoms with Crippen LogP contribution in [0.25, 0.3) is 0 Å². The van der Waals surface area contributed by atoms with Gasteiger partial charge in [0, 0.05) is 18.4 Å². The molecule has 0 atom stereocenters. The van der Waals surface area contributed by atoms with Crippen LogP contribution >= 0.6 is 0 Å². The Labute approximate surface area is 157 Å². The Hall–Kier alpha value is -3.44. The Morgan fingerprint density at radius 1 is 1.33 bits per heavy atom. The van der Waals surface area contributed by atoms with Crippen molar-refractivity contribution in [2.75, 3.05) is 26.3 Å². The summed E-state index contributed by atoms with van der Waals surface area (Å²) in [5.74, 6) is 0.470. The fourth-order valence-electron chi connectivity index (χ4n) is 2.24. The quantitative estimate of drug-likeness (QED) is 0.433. The lowest BCUT2D eigenvalue weighted by molar-refractivity contribution is -0.142. The normalized spacial score (nSPS) is 10.4. The number of ether oxygens (including phenoxy) is 3. The zero-order valence-corrected chi connectivity index (χ0v) is 15.4. The minimum Gasteiger partial charge on any atom is -0.482 e. The summed E-state index contributed by atoms with van der Waals surface area (Å²) in [5, 5.41) is 13.5. The maximum atomic E-state index is 11.1. The summed E-state index contributed by atoms with van der Waals surface area (Å²) in [4.78, 5) is 15.4. The molecule has 0 aliphatic heterocycles. The molecule has 27 heavy (non-hydrogen) atoms. The summed E-state index contributed by atoms with van der Waals surface area (Å²) in [6, 6.07) is 10.9. The molecule has 0 aliphatic rings. The highest BCUT2D eigenvalue weighted by Crippen LogP contribution is 2.19. The van der Waals surface area contributed by atoms with Crippen molar-refractivity contribution in [3.05, 3.63) is 52.7 Å². The second kappa shape index (κ2) is 9.89. The van der Waals surface area contributed by atoms with E-state index < -0.39 is 5.97 Å². The van der Waals surface area contributed by atoms with Crippen molar-refractivity contribution in [3.63, 3.8) is 0 Å². The van der Waals surface area contributed by atoms with Crippen LogP contribution in [-0.4, -0.2) is 38.0 Å². The predicted molar refractivity (Wildman–Crippen MR) is 99.6 cm³/mol. The van der Waals surface area contributed by atoms with Crippen LogP contribution in [0, 0.1) is 18.3 Å². The Kier molecular flexibility index (Phi) is 7.28. The van der Waals surface area contributed by atoms with E-state index in [1.165, 1.54) is 7.11 Å². The highest BCUT2D eigenvalue weighted by atomic mass is 16.6. The molecule has 0 aliphatic carbocycles. The Bertz CT molecular complexity index is 857. The second-order valence-electron chi connectivity index (χ2n) is 5.50. The number of aromatic nitrogens is 1. The van der Waals surface area contributed by atoms with Gasteiger partial charge in [0.05, 0.1) is 19.9 Å². The summed E-state index contributed by atoms with van der Waals surface area (Å²) in [6.45, 7) is 2.01. The molecule has 8 heteroatoms. The molecule has 0 radical (unpaired) electrons. The average Bonchev–Trinajstić information content (AvgIpc) is 2.67. The number of carbonyl (C=O) groups excluding carboxylic acids is 1. The highest BCUT2D eigenvalue weighted by Gasteiger charge is 2.10. The number of nitrogens with one attached hydrogen (secondary N) is 1. The number of methoxy groups -OCH3 is 2. The summed E-state index contributed by atoms with van der Waals surface area (Å²) >= 11 is 0.